The van der Waals surface area contributed by atoms with Gasteiger partial charge in [-0.3, -0.25) is 4.90 Å². The third-order valence-electron chi connectivity index (χ3n) is 6.88. The molecule has 168 valence electrons. The lowest BCUT2D eigenvalue weighted by molar-refractivity contribution is -0.100. The average molecular weight is 458 g/mol. The van der Waals surface area contributed by atoms with Crippen molar-refractivity contribution >= 4 is 32.9 Å². The molecule has 0 aromatic heterocycles. The zero-order valence-electron chi connectivity index (χ0n) is 19.3. The Labute approximate surface area is 193 Å². The van der Waals surface area contributed by atoms with Gasteiger partial charge in [0.1, 0.15) is 5.75 Å². The van der Waals surface area contributed by atoms with Gasteiger partial charge in [-0.05, 0) is 43.4 Å². The molecule has 4 atom stereocenters. The largest absolute Gasteiger partial charge is 0.755 e. The minimum absolute atomic E-state index is 0.135. The molecule has 0 radical (unpaired) electrons. The monoisotopic (exact) mass is 457 g/mol. The van der Waals surface area contributed by atoms with Gasteiger partial charge in [-0.25, -0.2) is 0 Å². The zero-order chi connectivity index (χ0) is 22.6. The molecule has 4 unspecified atom stereocenters. The van der Waals surface area contributed by atoms with Crippen LogP contribution in [0.25, 0.3) is 6.08 Å². The van der Waals surface area contributed by atoms with E-state index in [0.717, 1.165) is 27.5 Å². The molecule has 1 saturated heterocycles. The number of fused-ring (bicyclic) bond motifs is 2. The van der Waals surface area contributed by atoms with Crippen molar-refractivity contribution in [2.75, 3.05) is 4.83 Å². The molecule has 31 heavy (non-hydrogen) atoms. The van der Waals surface area contributed by atoms with Crippen molar-refractivity contribution < 1.29 is 4.74 Å². The summed E-state index contributed by atoms with van der Waals surface area (Å²) in [5, 5.41) is 12.6. The highest BCUT2D eigenvalue weighted by molar-refractivity contribution is 7.99. The van der Waals surface area contributed by atoms with Crippen molar-refractivity contribution in [3.05, 3.63) is 58.8 Å². The lowest BCUT2D eigenvalue weighted by Crippen LogP contribution is -2.59. The molecular formula is C25H34N2O2PS-. The number of hydrogen-bond acceptors (Lipinski definition) is 5. The first-order valence-corrected chi connectivity index (χ1v) is 12.7. The number of rotatable bonds is 5. The summed E-state index contributed by atoms with van der Waals surface area (Å²) in [6.07, 6.45) is 13.4. The molecule has 0 amide bonds. The summed E-state index contributed by atoms with van der Waals surface area (Å²) in [6, 6.07) is 4.52. The highest BCUT2D eigenvalue weighted by atomic mass is 32.2. The highest BCUT2D eigenvalue weighted by Crippen LogP contribution is 2.58. The zero-order valence-corrected chi connectivity index (χ0v) is 21.3. The summed E-state index contributed by atoms with van der Waals surface area (Å²) in [5.74, 6) is 2.09. The van der Waals surface area contributed by atoms with E-state index in [0.29, 0.717) is 28.9 Å². The van der Waals surface area contributed by atoms with Gasteiger partial charge in [0.05, 0.1) is 0 Å². The highest BCUT2D eigenvalue weighted by Gasteiger charge is 2.64. The van der Waals surface area contributed by atoms with Crippen LogP contribution in [0.15, 0.2) is 42.5 Å². The Kier molecular flexibility index (Phi) is 6.11. The van der Waals surface area contributed by atoms with Gasteiger partial charge in [-0.15, -0.1) is 0 Å². The van der Waals surface area contributed by atoms with E-state index >= 15 is 0 Å². The normalized spacial score (nSPS) is 28.3. The molecule has 0 saturated carbocycles. The minimum Gasteiger partial charge on any atom is -0.755 e. The molecule has 6 heteroatoms. The van der Waals surface area contributed by atoms with Gasteiger partial charge in [0.2, 0.25) is 0 Å². The maximum Gasteiger partial charge on any atom is 0.189 e. The second-order valence-corrected chi connectivity index (χ2v) is 11.9. The summed E-state index contributed by atoms with van der Waals surface area (Å²) >= 11 is 1.87. The first-order chi connectivity index (χ1) is 14.6. The molecule has 1 aliphatic carbocycles. The fourth-order valence-corrected chi connectivity index (χ4v) is 6.24. The van der Waals surface area contributed by atoms with Crippen LogP contribution in [0.2, 0.25) is 0 Å². The van der Waals surface area contributed by atoms with E-state index < -0.39 is 5.72 Å². The second kappa shape index (κ2) is 8.26. The van der Waals surface area contributed by atoms with Gasteiger partial charge < -0.3 is 14.8 Å². The number of likely N-dealkylation sites (tertiary alicyclic amines) is 1. The lowest BCUT2D eigenvalue weighted by Gasteiger charge is -2.49. The summed E-state index contributed by atoms with van der Waals surface area (Å²) in [7, 11) is 2.22. The molecule has 0 bridgehead atoms. The molecule has 1 aromatic rings. The Bertz CT molecular complexity index is 938. The van der Waals surface area contributed by atoms with E-state index in [1.807, 2.05) is 23.9 Å². The molecule has 4 nitrogen and oxygen atoms in total. The topological polar surface area (TPSA) is 38.8 Å². The predicted molar refractivity (Wildman–Crippen MR) is 137 cm³/mol. The lowest BCUT2D eigenvalue weighted by atomic mass is 9.70. The van der Waals surface area contributed by atoms with Crippen LogP contribution in [-0.4, -0.2) is 28.0 Å². The van der Waals surface area contributed by atoms with Crippen molar-refractivity contribution in [3.63, 3.8) is 0 Å². The maximum atomic E-state index is 12.1. The summed E-state index contributed by atoms with van der Waals surface area (Å²) in [6.45, 7) is 13.5. The van der Waals surface area contributed by atoms with Gasteiger partial charge >= 0.3 is 0 Å². The molecule has 0 N–H and O–H groups in total. The van der Waals surface area contributed by atoms with Crippen molar-refractivity contribution in [2.24, 2.45) is 11.3 Å². The van der Waals surface area contributed by atoms with Gasteiger partial charge in [0, 0.05) is 46.0 Å². The smallest absolute Gasteiger partial charge is 0.189 e. The Morgan fingerprint density at radius 1 is 1.19 bits per heavy atom. The molecule has 4 rings (SSSR count). The van der Waals surface area contributed by atoms with Gasteiger partial charge in [-0.2, -0.15) is 11.8 Å². The van der Waals surface area contributed by atoms with Crippen LogP contribution >= 0.6 is 21.2 Å². The van der Waals surface area contributed by atoms with E-state index in [-0.39, 0.29) is 5.41 Å². The molecule has 3 aliphatic rings. The van der Waals surface area contributed by atoms with Gasteiger partial charge in [0.25, 0.3) is 0 Å². The molecule has 1 spiro atoms. The van der Waals surface area contributed by atoms with Crippen LogP contribution < -0.4 is 9.57 Å². The summed E-state index contributed by atoms with van der Waals surface area (Å²) in [4.78, 5) is 3.38. The van der Waals surface area contributed by atoms with Gasteiger partial charge in [-0.1, -0.05) is 61.4 Å². The summed E-state index contributed by atoms with van der Waals surface area (Å²) < 4.78 is 7.09. The predicted octanol–water partition coefficient (Wildman–Crippen LogP) is 6.39. The minimum atomic E-state index is -0.556. The van der Waals surface area contributed by atoms with Crippen molar-refractivity contribution in [1.82, 2.24) is 4.90 Å². The SMILES string of the molecule is CC(C)SCc1cc(N([O-])P)cc2c1OC1(C=C2)N(C(C)C)C2C=CC=CC2C1(C)C. The van der Waals surface area contributed by atoms with E-state index in [9.17, 15) is 5.21 Å². The first-order valence-electron chi connectivity index (χ1n) is 11.1. The van der Waals surface area contributed by atoms with Crippen LogP contribution in [0.3, 0.4) is 0 Å². The number of anilines is 1. The van der Waals surface area contributed by atoms with Crippen LogP contribution in [0.5, 0.6) is 5.75 Å². The van der Waals surface area contributed by atoms with E-state index in [1.54, 1.807) is 0 Å². The first kappa shape index (κ1) is 22.9. The number of ether oxygens (including phenoxy) is 1. The second-order valence-electron chi connectivity index (χ2n) is 9.85. The Morgan fingerprint density at radius 2 is 1.90 bits per heavy atom. The van der Waals surface area contributed by atoms with E-state index in [4.69, 9.17) is 4.74 Å². The van der Waals surface area contributed by atoms with E-state index in [2.05, 4.69) is 92.3 Å². The molecular weight excluding hydrogens is 423 g/mol. The number of thioether (sulfide) groups is 1. The Balaban J connectivity index is 1.85. The number of nitrogens with zero attached hydrogens (tertiary/aromatic N) is 2. The Morgan fingerprint density at radius 3 is 2.55 bits per heavy atom. The van der Waals surface area contributed by atoms with Crippen molar-refractivity contribution in [1.29, 1.82) is 0 Å². The van der Waals surface area contributed by atoms with Crippen molar-refractivity contribution in [3.8, 4) is 5.75 Å². The number of hydrogen-bond donors (Lipinski definition) is 0. The quantitative estimate of drug-likeness (QED) is 0.379. The van der Waals surface area contributed by atoms with Crippen LogP contribution in [0.4, 0.5) is 5.69 Å². The Hall–Kier alpha value is -1.26. The van der Waals surface area contributed by atoms with E-state index in [1.165, 1.54) is 0 Å². The third kappa shape index (κ3) is 3.68. The standard InChI is InChI=1S/C25H34N2O2PS/c1-16(2)26-22-10-8-7-9-21(22)24(5,6)25(26)12-11-18-13-20(27(28)30)14-19(23(18)29-25)15-31-17(3)4/h7-14,16-17,21-22H,15,30H2,1-6H3/q-1. The molecule has 2 heterocycles. The van der Waals surface area contributed by atoms with Crippen LogP contribution in [0, 0.1) is 16.5 Å². The summed E-state index contributed by atoms with van der Waals surface area (Å²) in [5.41, 5.74) is 2.01. The van der Waals surface area contributed by atoms with Crippen molar-refractivity contribution in [2.45, 2.75) is 70.4 Å². The molecule has 2 aliphatic heterocycles. The average Bonchev–Trinajstić information content (AvgIpc) is 2.89. The maximum absolute atomic E-state index is 12.1. The van der Waals surface area contributed by atoms with Gasteiger partial charge in [0.15, 0.2) is 5.72 Å². The molecule has 1 aromatic carbocycles. The fraction of sp³-hybridized carbons (Fsp3) is 0.520. The molecule has 1 fully saturated rings. The number of allylic oxidation sites excluding steroid dienone is 2. The fourth-order valence-electron chi connectivity index (χ4n) is 5.36. The van der Waals surface area contributed by atoms with Crippen LogP contribution in [0.1, 0.15) is 52.7 Å². The van der Waals surface area contributed by atoms with Crippen LogP contribution in [-0.2, 0) is 5.75 Å². The third-order valence-corrected chi connectivity index (χ3v) is 8.32. The number of benzene rings is 1.